The van der Waals surface area contributed by atoms with E-state index in [1.807, 2.05) is 0 Å². The molecule has 1 aromatic carbocycles. The number of carbonyl (C=O) groups is 2. The van der Waals surface area contributed by atoms with Crippen molar-refractivity contribution in [3.05, 3.63) is 29.8 Å². The molecular weight excluding hydrogens is 208 g/mol. The molecule has 0 unspecified atom stereocenters. The van der Waals surface area contributed by atoms with E-state index in [0.717, 1.165) is 0 Å². The molecule has 0 aliphatic heterocycles. The fourth-order valence-electron chi connectivity index (χ4n) is 1.03. The Balaban J connectivity index is 2.73. The topological polar surface area (TPSA) is 52.6 Å². The molecule has 0 radical (unpaired) electrons. The first-order chi connectivity index (χ1) is 7.42. The summed E-state index contributed by atoms with van der Waals surface area (Å²) in [5, 5.41) is 0. The van der Waals surface area contributed by atoms with E-state index in [1.54, 1.807) is 39.0 Å². The zero-order chi connectivity index (χ0) is 12.2. The molecule has 0 aromatic heterocycles. The molecule has 0 bridgehead atoms. The monoisotopic (exact) mass is 222 g/mol. The Morgan fingerprint density at radius 2 is 1.88 bits per heavy atom. The number of carbonyl (C=O) groups excluding carboxylic acids is 2. The maximum absolute atomic E-state index is 11.3. The second-order valence-corrected chi connectivity index (χ2v) is 4.22. The van der Waals surface area contributed by atoms with Crippen LogP contribution >= 0.6 is 0 Å². The van der Waals surface area contributed by atoms with Crippen LogP contribution in [0, 0.1) is 0 Å². The van der Waals surface area contributed by atoms with E-state index in [1.165, 1.54) is 6.07 Å². The summed E-state index contributed by atoms with van der Waals surface area (Å²) in [4.78, 5) is 22.0. The predicted octanol–water partition coefficient (Wildman–Crippen LogP) is 2.81. The van der Waals surface area contributed by atoms with E-state index in [0.29, 0.717) is 11.8 Å². The third-order valence-electron chi connectivity index (χ3n) is 1.63. The smallest absolute Gasteiger partial charge is 0.428 e. The molecule has 0 saturated carbocycles. The molecule has 0 N–H and O–H groups in total. The van der Waals surface area contributed by atoms with E-state index in [-0.39, 0.29) is 5.75 Å². The highest BCUT2D eigenvalue weighted by Gasteiger charge is 2.18. The van der Waals surface area contributed by atoms with Crippen molar-refractivity contribution in [2.24, 2.45) is 0 Å². The SMILES string of the molecule is CC(C)(C)OC(=O)Oc1ccccc1C=O. The molecule has 0 amide bonds. The van der Waals surface area contributed by atoms with Crippen LogP contribution in [-0.2, 0) is 4.74 Å². The molecule has 0 fully saturated rings. The molecule has 16 heavy (non-hydrogen) atoms. The van der Waals surface area contributed by atoms with Crippen molar-refractivity contribution in [2.75, 3.05) is 0 Å². The zero-order valence-electron chi connectivity index (χ0n) is 9.52. The molecule has 4 nitrogen and oxygen atoms in total. The van der Waals surface area contributed by atoms with Gasteiger partial charge in [0.15, 0.2) is 6.29 Å². The van der Waals surface area contributed by atoms with Gasteiger partial charge in [-0.3, -0.25) is 4.79 Å². The standard InChI is InChI=1S/C12H14O4/c1-12(2,3)16-11(14)15-10-7-5-4-6-9(10)8-13/h4-8H,1-3H3. The van der Waals surface area contributed by atoms with E-state index >= 15 is 0 Å². The number of benzene rings is 1. The molecule has 1 aromatic rings. The van der Waals surface area contributed by atoms with Crippen molar-refractivity contribution < 1.29 is 19.1 Å². The molecule has 0 atom stereocenters. The summed E-state index contributed by atoms with van der Waals surface area (Å²) in [7, 11) is 0. The highest BCUT2D eigenvalue weighted by atomic mass is 16.7. The van der Waals surface area contributed by atoms with Gasteiger partial charge in [0.25, 0.3) is 0 Å². The van der Waals surface area contributed by atoms with Crippen LogP contribution < -0.4 is 4.74 Å². The fourth-order valence-corrected chi connectivity index (χ4v) is 1.03. The maximum Gasteiger partial charge on any atom is 0.514 e. The van der Waals surface area contributed by atoms with Crippen LogP contribution in [0.25, 0.3) is 0 Å². The first kappa shape index (κ1) is 12.2. The molecule has 4 heteroatoms. The van der Waals surface area contributed by atoms with Crippen LogP contribution in [0.1, 0.15) is 31.1 Å². The van der Waals surface area contributed by atoms with Gasteiger partial charge in [-0.1, -0.05) is 12.1 Å². The number of aldehydes is 1. The predicted molar refractivity (Wildman–Crippen MR) is 58.7 cm³/mol. The molecule has 0 heterocycles. The zero-order valence-corrected chi connectivity index (χ0v) is 9.52. The fraction of sp³-hybridized carbons (Fsp3) is 0.333. The van der Waals surface area contributed by atoms with Crippen LogP contribution in [0.15, 0.2) is 24.3 Å². The maximum atomic E-state index is 11.3. The van der Waals surface area contributed by atoms with Crippen LogP contribution in [0.3, 0.4) is 0 Å². The second kappa shape index (κ2) is 4.79. The van der Waals surface area contributed by atoms with Crippen molar-refractivity contribution in [1.82, 2.24) is 0 Å². The van der Waals surface area contributed by atoms with Crippen molar-refractivity contribution in [1.29, 1.82) is 0 Å². The highest BCUT2D eigenvalue weighted by Crippen LogP contribution is 2.17. The summed E-state index contributed by atoms with van der Waals surface area (Å²) in [6.45, 7) is 5.21. The molecule has 0 aliphatic rings. The summed E-state index contributed by atoms with van der Waals surface area (Å²) in [6.07, 6.45) is -0.193. The Kier molecular flexibility index (Phi) is 3.66. The van der Waals surface area contributed by atoms with Gasteiger partial charge in [0.2, 0.25) is 0 Å². The second-order valence-electron chi connectivity index (χ2n) is 4.22. The van der Waals surface area contributed by atoms with Gasteiger partial charge in [0.05, 0.1) is 5.56 Å². The Morgan fingerprint density at radius 3 is 2.44 bits per heavy atom. The quantitative estimate of drug-likeness (QED) is 0.438. The van der Waals surface area contributed by atoms with Crippen LogP contribution in [0.2, 0.25) is 0 Å². The molecule has 1 rings (SSSR count). The Hall–Kier alpha value is -1.84. The van der Waals surface area contributed by atoms with E-state index in [4.69, 9.17) is 9.47 Å². The number of para-hydroxylation sites is 1. The largest absolute Gasteiger partial charge is 0.514 e. The lowest BCUT2D eigenvalue weighted by molar-refractivity contribution is 0.0205. The van der Waals surface area contributed by atoms with Gasteiger partial charge in [0, 0.05) is 0 Å². The summed E-state index contributed by atoms with van der Waals surface area (Å²) in [6, 6.07) is 6.46. The minimum absolute atomic E-state index is 0.201. The minimum Gasteiger partial charge on any atom is -0.428 e. The Morgan fingerprint density at radius 1 is 1.25 bits per heavy atom. The summed E-state index contributed by atoms with van der Waals surface area (Å²) in [5.41, 5.74) is -0.305. The van der Waals surface area contributed by atoms with Gasteiger partial charge in [-0.2, -0.15) is 0 Å². The molecule has 0 saturated heterocycles. The lowest BCUT2D eigenvalue weighted by Gasteiger charge is -2.18. The van der Waals surface area contributed by atoms with Crippen molar-refractivity contribution >= 4 is 12.4 Å². The first-order valence-electron chi connectivity index (χ1n) is 4.87. The molecule has 0 aliphatic carbocycles. The lowest BCUT2D eigenvalue weighted by Crippen LogP contribution is -2.26. The van der Waals surface area contributed by atoms with Crippen molar-refractivity contribution in [3.63, 3.8) is 0 Å². The first-order valence-corrected chi connectivity index (χ1v) is 4.87. The van der Waals surface area contributed by atoms with Crippen LogP contribution in [0.5, 0.6) is 5.75 Å². The highest BCUT2D eigenvalue weighted by molar-refractivity contribution is 5.81. The number of hydrogen-bond acceptors (Lipinski definition) is 4. The average Bonchev–Trinajstić information content (AvgIpc) is 2.15. The van der Waals surface area contributed by atoms with Crippen LogP contribution in [0.4, 0.5) is 4.79 Å². The molecule has 0 spiro atoms. The third-order valence-corrected chi connectivity index (χ3v) is 1.63. The normalized spacial score (nSPS) is 10.7. The van der Waals surface area contributed by atoms with Gasteiger partial charge in [-0.15, -0.1) is 0 Å². The van der Waals surface area contributed by atoms with Crippen molar-refractivity contribution in [2.45, 2.75) is 26.4 Å². The minimum atomic E-state index is -0.818. The summed E-state index contributed by atoms with van der Waals surface area (Å²) < 4.78 is 9.88. The van der Waals surface area contributed by atoms with Gasteiger partial charge in [0.1, 0.15) is 11.4 Å². The van der Waals surface area contributed by atoms with Gasteiger partial charge >= 0.3 is 6.16 Å². The van der Waals surface area contributed by atoms with Gasteiger partial charge in [-0.05, 0) is 32.9 Å². The number of ether oxygens (including phenoxy) is 2. The van der Waals surface area contributed by atoms with Crippen molar-refractivity contribution in [3.8, 4) is 5.75 Å². The molecule has 86 valence electrons. The van der Waals surface area contributed by atoms with Gasteiger partial charge in [-0.25, -0.2) is 4.79 Å². The Labute approximate surface area is 94.2 Å². The Bertz CT molecular complexity index is 390. The molecular formula is C12H14O4. The van der Waals surface area contributed by atoms with E-state index < -0.39 is 11.8 Å². The van der Waals surface area contributed by atoms with E-state index in [9.17, 15) is 9.59 Å². The number of hydrogen-bond donors (Lipinski definition) is 0. The van der Waals surface area contributed by atoms with Crippen LogP contribution in [-0.4, -0.2) is 18.0 Å². The summed E-state index contributed by atoms with van der Waals surface area (Å²) >= 11 is 0. The average molecular weight is 222 g/mol. The third kappa shape index (κ3) is 3.73. The number of rotatable bonds is 2. The summed E-state index contributed by atoms with van der Waals surface area (Å²) in [5.74, 6) is 0.201. The van der Waals surface area contributed by atoms with E-state index in [2.05, 4.69) is 0 Å². The lowest BCUT2D eigenvalue weighted by atomic mass is 10.2. The van der Waals surface area contributed by atoms with Gasteiger partial charge < -0.3 is 9.47 Å².